The molecule has 0 aliphatic heterocycles. The van der Waals surface area contributed by atoms with Gasteiger partial charge in [0.25, 0.3) is 0 Å². The molecule has 2 heterocycles. The number of rotatable bonds is 4. The molecule has 0 radical (unpaired) electrons. The van der Waals surface area contributed by atoms with Crippen LogP contribution in [0, 0.1) is 6.92 Å². The van der Waals surface area contributed by atoms with Gasteiger partial charge in [-0.2, -0.15) is 0 Å². The van der Waals surface area contributed by atoms with Gasteiger partial charge in [0.2, 0.25) is 0 Å². The van der Waals surface area contributed by atoms with Crippen LogP contribution in [0.5, 0.6) is 0 Å². The molecule has 0 spiro atoms. The summed E-state index contributed by atoms with van der Waals surface area (Å²) in [5, 5.41) is 10.8. The molecule has 5 heteroatoms. The van der Waals surface area contributed by atoms with Crippen molar-refractivity contribution < 1.29 is 9.90 Å². The van der Waals surface area contributed by atoms with Crippen molar-refractivity contribution in [1.29, 1.82) is 0 Å². The molecule has 18 heavy (non-hydrogen) atoms. The summed E-state index contributed by atoms with van der Waals surface area (Å²) in [4.78, 5) is 20.6. The van der Waals surface area contributed by atoms with Crippen molar-refractivity contribution in [3.63, 3.8) is 0 Å². The van der Waals surface area contributed by atoms with Crippen LogP contribution >= 0.6 is 11.3 Å². The van der Waals surface area contributed by atoms with E-state index in [0.717, 1.165) is 16.3 Å². The highest BCUT2D eigenvalue weighted by Crippen LogP contribution is 2.25. The highest BCUT2D eigenvalue weighted by molar-refractivity contribution is 7.13. The van der Waals surface area contributed by atoms with E-state index in [0.29, 0.717) is 5.82 Å². The first-order valence-electron chi connectivity index (χ1n) is 5.67. The number of carboxylic acid groups (broad SMARTS) is 1. The number of hydrogen-bond acceptors (Lipinski definition) is 4. The van der Waals surface area contributed by atoms with Crippen LogP contribution in [0.15, 0.2) is 23.6 Å². The largest absolute Gasteiger partial charge is 0.481 e. The maximum atomic E-state index is 10.7. The van der Waals surface area contributed by atoms with Crippen molar-refractivity contribution in [2.75, 3.05) is 0 Å². The van der Waals surface area contributed by atoms with E-state index in [1.807, 2.05) is 37.4 Å². The SMILES string of the molecule is Cc1cc(-c2cccs2)nc(C(C)CC(=O)O)n1. The second-order valence-electron chi connectivity index (χ2n) is 4.23. The van der Waals surface area contributed by atoms with Gasteiger partial charge in [-0.25, -0.2) is 9.97 Å². The monoisotopic (exact) mass is 262 g/mol. The van der Waals surface area contributed by atoms with Gasteiger partial charge in [-0.05, 0) is 24.4 Å². The summed E-state index contributed by atoms with van der Waals surface area (Å²) in [5.74, 6) is -0.410. The van der Waals surface area contributed by atoms with Crippen molar-refractivity contribution in [3.8, 4) is 10.6 Å². The Morgan fingerprint density at radius 2 is 2.28 bits per heavy atom. The third-order valence-corrected chi connectivity index (χ3v) is 3.46. The molecule has 2 aromatic rings. The average Bonchev–Trinajstić information content (AvgIpc) is 2.80. The topological polar surface area (TPSA) is 63.1 Å². The van der Waals surface area contributed by atoms with Crippen LogP contribution in [0.25, 0.3) is 10.6 Å². The number of carboxylic acids is 1. The Kier molecular flexibility index (Phi) is 3.72. The highest BCUT2D eigenvalue weighted by atomic mass is 32.1. The zero-order valence-electron chi connectivity index (χ0n) is 10.3. The maximum absolute atomic E-state index is 10.7. The Balaban J connectivity index is 2.35. The third kappa shape index (κ3) is 2.92. The van der Waals surface area contributed by atoms with Crippen LogP contribution in [0.3, 0.4) is 0 Å². The summed E-state index contributed by atoms with van der Waals surface area (Å²) in [5.41, 5.74) is 1.73. The van der Waals surface area contributed by atoms with Gasteiger partial charge in [-0.1, -0.05) is 13.0 Å². The molecule has 0 fully saturated rings. The first kappa shape index (κ1) is 12.7. The van der Waals surface area contributed by atoms with Crippen molar-refractivity contribution in [1.82, 2.24) is 9.97 Å². The number of hydrogen-bond donors (Lipinski definition) is 1. The summed E-state index contributed by atoms with van der Waals surface area (Å²) < 4.78 is 0. The Labute approximate surface area is 109 Å². The van der Waals surface area contributed by atoms with E-state index in [-0.39, 0.29) is 12.3 Å². The minimum Gasteiger partial charge on any atom is -0.481 e. The molecule has 2 aromatic heterocycles. The highest BCUT2D eigenvalue weighted by Gasteiger charge is 2.15. The normalized spacial score (nSPS) is 12.3. The molecule has 4 nitrogen and oxygen atoms in total. The van der Waals surface area contributed by atoms with Crippen molar-refractivity contribution in [3.05, 3.63) is 35.1 Å². The second-order valence-corrected chi connectivity index (χ2v) is 5.18. The quantitative estimate of drug-likeness (QED) is 0.919. The molecule has 1 atom stereocenters. The van der Waals surface area contributed by atoms with Gasteiger partial charge in [-0.3, -0.25) is 4.79 Å². The molecule has 1 unspecified atom stereocenters. The fourth-order valence-electron chi connectivity index (χ4n) is 1.72. The Bertz CT molecular complexity index is 552. The number of aliphatic carboxylic acids is 1. The van der Waals surface area contributed by atoms with E-state index < -0.39 is 5.97 Å². The van der Waals surface area contributed by atoms with Crippen LogP contribution in [0.1, 0.15) is 30.8 Å². The molecule has 0 saturated heterocycles. The van der Waals surface area contributed by atoms with E-state index in [1.54, 1.807) is 11.3 Å². The second kappa shape index (κ2) is 5.27. The number of aromatic nitrogens is 2. The van der Waals surface area contributed by atoms with E-state index in [1.165, 1.54) is 0 Å². The predicted molar refractivity (Wildman–Crippen MR) is 70.7 cm³/mol. The molecular formula is C13H14N2O2S. The van der Waals surface area contributed by atoms with Crippen LogP contribution in [0.4, 0.5) is 0 Å². The zero-order chi connectivity index (χ0) is 13.1. The summed E-state index contributed by atoms with van der Waals surface area (Å²) in [6.45, 7) is 3.73. The van der Waals surface area contributed by atoms with Crippen LogP contribution in [0.2, 0.25) is 0 Å². The Morgan fingerprint density at radius 1 is 1.50 bits per heavy atom. The zero-order valence-corrected chi connectivity index (χ0v) is 11.1. The lowest BCUT2D eigenvalue weighted by Gasteiger charge is -2.09. The Hall–Kier alpha value is -1.75. The molecule has 1 N–H and O–H groups in total. The predicted octanol–water partition coefficient (Wildman–Crippen LogP) is 3.09. The molecule has 0 aliphatic carbocycles. The number of thiophene rings is 1. The fraction of sp³-hybridized carbons (Fsp3) is 0.308. The van der Waals surface area contributed by atoms with E-state index >= 15 is 0 Å². The third-order valence-electron chi connectivity index (χ3n) is 2.57. The van der Waals surface area contributed by atoms with Crippen molar-refractivity contribution >= 4 is 17.3 Å². The van der Waals surface area contributed by atoms with Gasteiger partial charge in [-0.15, -0.1) is 11.3 Å². The molecule has 0 aliphatic rings. The van der Waals surface area contributed by atoms with Gasteiger partial charge in [0.1, 0.15) is 5.82 Å². The van der Waals surface area contributed by atoms with E-state index in [9.17, 15) is 4.79 Å². The van der Waals surface area contributed by atoms with Gasteiger partial charge in [0, 0.05) is 11.6 Å². The van der Waals surface area contributed by atoms with Crippen LogP contribution in [-0.2, 0) is 4.79 Å². The Morgan fingerprint density at radius 3 is 2.89 bits per heavy atom. The molecular weight excluding hydrogens is 248 g/mol. The number of aryl methyl sites for hydroxylation is 1. The van der Waals surface area contributed by atoms with Crippen LogP contribution < -0.4 is 0 Å². The van der Waals surface area contributed by atoms with Gasteiger partial charge < -0.3 is 5.11 Å². The standard InChI is InChI=1S/C13H14N2O2S/c1-8(6-12(16)17)13-14-9(2)7-10(15-13)11-4-3-5-18-11/h3-5,7-8H,6H2,1-2H3,(H,16,17). The first-order chi connectivity index (χ1) is 8.56. The van der Waals surface area contributed by atoms with Crippen LogP contribution in [-0.4, -0.2) is 21.0 Å². The molecule has 0 aromatic carbocycles. The van der Waals surface area contributed by atoms with E-state index in [2.05, 4.69) is 9.97 Å². The maximum Gasteiger partial charge on any atom is 0.304 e. The summed E-state index contributed by atoms with van der Waals surface area (Å²) in [6.07, 6.45) is 0.0489. The minimum atomic E-state index is -0.828. The summed E-state index contributed by atoms with van der Waals surface area (Å²) in [6, 6.07) is 5.89. The lowest BCUT2D eigenvalue weighted by molar-refractivity contribution is -0.137. The smallest absolute Gasteiger partial charge is 0.304 e. The minimum absolute atomic E-state index is 0.0489. The molecule has 2 rings (SSSR count). The lowest BCUT2D eigenvalue weighted by Crippen LogP contribution is -2.08. The number of nitrogens with zero attached hydrogens (tertiary/aromatic N) is 2. The van der Waals surface area contributed by atoms with Crippen molar-refractivity contribution in [2.45, 2.75) is 26.2 Å². The van der Waals surface area contributed by atoms with Gasteiger partial charge in [0.05, 0.1) is 17.0 Å². The lowest BCUT2D eigenvalue weighted by atomic mass is 10.1. The number of carbonyl (C=O) groups is 1. The molecule has 94 valence electrons. The van der Waals surface area contributed by atoms with Crippen molar-refractivity contribution in [2.24, 2.45) is 0 Å². The fourth-order valence-corrected chi connectivity index (χ4v) is 2.40. The molecule has 0 bridgehead atoms. The van der Waals surface area contributed by atoms with Gasteiger partial charge >= 0.3 is 5.97 Å². The first-order valence-corrected chi connectivity index (χ1v) is 6.55. The molecule has 0 saturated carbocycles. The molecule has 0 amide bonds. The summed E-state index contributed by atoms with van der Waals surface area (Å²) >= 11 is 1.61. The summed E-state index contributed by atoms with van der Waals surface area (Å²) in [7, 11) is 0. The van der Waals surface area contributed by atoms with Gasteiger partial charge in [0.15, 0.2) is 0 Å². The average molecular weight is 262 g/mol. The van der Waals surface area contributed by atoms with E-state index in [4.69, 9.17) is 5.11 Å².